The molecule has 2 heterocycles. The lowest BCUT2D eigenvalue weighted by Crippen LogP contribution is -2.27. The average Bonchev–Trinajstić information content (AvgIpc) is 3.28. The van der Waals surface area contributed by atoms with Crippen LogP contribution in [0.15, 0.2) is 105 Å². The van der Waals surface area contributed by atoms with Crippen molar-refractivity contribution in [2.24, 2.45) is 0 Å². The Labute approximate surface area is 387 Å². The third kappa shape index (κ3) is 8.43. The number of halogens is 2. The minimum absolute atomic E-state index is 0.00973. The van der Waals surface area contributed by atoms with E-state index in [1.807, 2.05) is 25.1 Å². The number of aromatic hydroxyl groups is 1. The number of carbonyl (C=O) groups is 5. The highest BCUT2D eigenvalue weighted by molar-refractivity contribution is 6.41. The Hall–Kier alpha value is -8.65. The molecular formula is C49H32Cl2N4O12. The van der Waals surface area contributed by atoms with E-state index in [9.17, 15) is 49.2 Å². The van der Waals surface area contributed by atoms with Gasteiger partial charge < -0.3 is 50.2 Å². The number of carbonyl (C=O) groups excluding carboxylic acids is 2. The molecule has 0 bridgehead atoms. The van der Waals surface area contributed by atoms with Crippen LogP contribution in [0.1, 0.15) is 47.0 Å². The van der Waals surface area contributed by atoms with Gasteiger partial charge in [0.05, 0.1) is 56.3 Å². The van der Waals surface area contributed by atoms with Crippen molar-refractivity contribution in [2.45, 2.75) is 6.54 Å². The van der Waals surface area contributed by atoms with E-state index < -0.39 is 58.8 Å². The average molecular weight is 940 g/mol. The summed E-state index contributed by atoms with van der Waals surface area (Å²) in [5.74, 6) is -1.22. The van der Waals surface area contributed by atoms with E-state index in [-0.39, 0.29) is 77.7 Å². The molecule has 2 amide bonds. The predicted octanol–water partition coefficient (Wildman–Crippen LogP) is 7.78. The molecule has 67 heavy (non-hydrogen) atoms. The number of benzene rings is 6. The molecule has 8 rings (SSSR count). The molecule has 16 nitrogen and oxygen atoms in total. The number of aromatic carboxylic acids is 3. The maximum atomic E-state index is 13.5. The van der Waals surface area contributed by atoms with Gasteiger partial charge in [-0.15, -0.1) is 0 Å². The molecule has 7 N–H and O–H groups in total. The molecule has 4 aliphatic rings. The summed E-state index contributed by atoms with van der Waals surface area (Å²) in [5.41, 5.74) is 0.521. The maximum absolute atomic E-state index is 13.5. The normalized spacial score (nSPS) is 11.0. The van der Waals surface area contributed by atoms with Gasteiger partial charge in [0.2, 0.25) is 0 Å². The topological polar surface area (TPSA) is 261 Å². The maximum Gasteiger partial charge on any atom is 0.337 e. The number of fused-ring (bicyclic) bond motifs is 4. The van der Waals surface area contributed by atoms with Gasteiger partial charge in [-0.25, -0.2) is 14.4 Å². The molecule has 0 atom stereocenters. The highest BCUT2D eigenvalue weighted by Crippen LogP contribution is 2.47. The Kier molecular flexibility index (Phi) is 11.9. The molecule has 0 aromatic heterocycles. The van der Waals surface area contributed by atoms with Crippen molar-refractivity contribution in [3.8, 4) is 62.5 Å². The highest BCUT2D eigenvalue weighted by atomic mass is 35.5. The largest absolute Gasteiger partial charge is 0.508 e. The van der Waals surface area contributed by atoms with E-state index in [2.05, 4.69) is 22.5 Å². The zero-order chi connectivity index (χ0) is 48.0. The molecule has 2 aliphatic carbocycles. The van der Waals surface area contributed by atoms with Crippen molar-refractivity contribution in [3.63, 3.8) is 0 Å². The minimum Gasteiger partial charge on any atom is -0.508 e. The second-order valence-corrected chi connectivity index (χ2v) is 15.9. The first-order valence-corrected chi connectivity index (χ1v) is 20.5. The van der Waals surface area contributed by atoms with Crippen LogP contribution in [0.25, 0.3) is 66.8 Å². The van der Waals surface area contributed by atoms with E-state index in [0.717, 1.165) is 11.8 Å². The Bertz CT molecular complexity index is 3590. The smallest absolute Gasteiger partial charge is 0.337 e. The summed E-state index contributed by atoms with van der Waals surface area (Å²) in [6.45, 7) is -0.863. The van der Waals surface area contributed by atoms with Crippen molar-refractivity contribution < 1.29 is 53.2 Å². The van der Waals surface area contributed by atoms with E-state index >= 15 is 0 Å². The Morgan fingerprint density at radius 2 is 1.42 bits per heavy atom. The Morgan fingerprint density at radius 3 is 2.13 bits per heavy atom. The number of hydrogen-bond acceptors (Lipinski definition) is 11. The van der Waals surface area contributed by atoms with Crippen LogP contribution in [-0.4, -0.2) is 70.8 Å². The summed E-state index contributed by atoms with van der Waals surface area (Å²) >= 11 is 13.6. The van der Waals surface area contributed by atoms with E-state index in [1.165, 1.54) is 60.7 Å². The molecule has 0 saturated carbocycles. The zero-order valence-corrected chi connectivity index (χ0v) is 36.3. The van der Waals surface area contributed by atoms with Crippen LogP contribution in [0.2, 0.25) is 10.0 Å². The quantitative estimate of drug-likeness (QED) is 0.0511. The van der Waals surface area contributed by atoms with Crippen LogP contribution in [0, 0.1) is 17.3 Å². The SMILES string of the molecule is CN(C)c1ccc2c(-c3c(Cl)cc(C(=O)NCC#CC(=O)NCc4c5oc6cc(O)ccc6c(-c6ccc(C(=O)O)cc6C(=O)O)c-5ccc4=O)c(Cl)c3C(=O)O)c3ccc(=N)cc-3oc2c1. The summed E-state index contributed by atoms with van der Waals surface area (Å²) < 4.78 is 12.3. The fourth-order valence-corrected chi connectivity index (χ4v) is 8.34. The third-order valence-corrected chi connectivity index (χ3v) is 11.5. The number of phenolic OH excluding ortho intramolecular Hbond substituents is 1. The Morgan fingerprint density at radius 1 is 0.716 bits per heavy atom. The van der Waals surface area contributed by atoms with Crippen LogP contribution >= 0.6 is 23.2 Å². The summed E-state index contributed by atoms with van der Waals surface area (Å²) in [6, 6.07) is 21.3. The molecular weight excluding hydrogens is 907 g/mol. The van der Waals surface area contributed by atoms with Gasteiger partial charge in [0, 0.05) is 76.6 Å². The van der Waals surface area contributed by atoms with Crippen LogP contribution in [0.4, 0.5) is 5.69 Å². The molecule has 0 unspecified atom stereocenters. The molecule has 0 radical (unpaired) electrons. The molecule has 0 saturated heterocycles. The molecule has 18 heteroatoms. The number of nitrogens with zero attached hydrogens (tertiary/aromatic N) is 1. The number of nitrogens with one attached hydrogen (secondary N) is 3. The molecule has 0 spiro atoms. The third-order valence-electron chi connectivity index (χ3n) is 10.8. The number of anilines is 1. The minimum atomic E-state index is -1.49. The van der Waals surface area contributed by atoms with Crippen LogP contribution in [0.3, 0.4) is 0 Å². The zero-order valence-electron chi connectivity index (χ0n) is 34.8. The van der Waals surface area contributed by atoms with Gasteiger partial charge in [0.25, 0.3) is 11.8 Å². The van der Waals surface area contributed by atoms with Crippen molar-refractivity contribution in [2.75, 3.05) is 25.5 Å². The fourth-order valence-electron chi connectivity index (χ4n) is 7.73. The summed E-state index contributed by atoms with van der Waals surface area (Å²) in [5, 5.41) is 54.0. The van der Waals surface area contributed by atoms with Gasteiger partial charge in [-0.3, -0.25) is 14.4 Å². The van der Waals surface area contributed by atoms with Crippen molar-refractivity contribution >= 4 is 80.6 Å². The van der Waals surface area contributed by atoms with Crippen molar-refractivity contribution in [3.05, 3.63) is 144 Å². The number of amides is 2. The van der Waals surface area contributed by atoms with Gasteiger partial charge in [0.1, 0.15) is 28.4 Å². The first kappa shape index (κ1) is 44.9. The summed E-state index contributed by atoms with van der Waals surface area (Å²) in [7, 11) is 3.68. The Balaban J connectivity index is 1.05. The number of rotatable bonds is 10. The lowest BCUT2D eigenvalue weighted by atomic mass is 9.88. The van der Waals surface area contributed by atoms with Gasteiger partial charge in [-0.2, -0.15) is 0 Å². The van der Waals surface area contributed by atoms with Crippen LogP contribution < -0.4 is 26.3 Å². The number of carboxylic acid groups (broad SMARTS) is 3. The van der Waals surface area contributed by atoms with Gasteiger partial charge >= 0.3 is 17.9 Å². The standard InChI is InChI=1S/C49H32Cl2N4O12/c1-55(2)24-7-11-29-37(18-24)66-36-17-23(52)6-10-28(36)41(29)42-34(50)20-32(44(51)43(42)49(64)65)46(59)53-15-3-4-39(58)54-21-33-35(57)14-13-30-40(27-12-8-25(56)19-38(27)67-45(30)33)26-9-5-22(47(60)61)16-31(26)48(62)63/h5-14,16-20,52,56H,15,21H2,1-2H3,(H,53,59)(H,54,58)(H,60,61)(H,62,63)(H,64,65). The van der Waals surface area contributed by atoms with Crippen LogP contribution in [-0.2, 0) is 11.3 Å². The monoisotopic (exact) mass is 938 g/mol. The first-order chi connectivity index (χ1) is 31.9. The predicted molar refractivity (Wildman–Crippen MR) is 248 cm³/mol. The van der Waals surface area contributed by atoms with Gasteiger partial charge in [-0.1, -0.05) is 35.2 Å². The number of carboxylic acids is 3. The molecule has 4 aromatic rings. The lowest BCUT2D eigenvalue weighted by molar-refractivity contribution is -0.115. The van der Waals surface area contributed by atoms with E-state index in [0.29, 0.717) is 27.5 Å². The second-order valence-electron chi connectivity index (χ2n) is 15.2. The second kappa shape index (κ2) is 17.7. The summed E-state index contributed by atoms with van der Waals surface area (Å²) in [4.78, 5) is 78.7. The molecule has 4 aromatic carbocycles. The molecule has 2 aliphatic heterocycles. The molecule has 334 valence electrons. The van der Waals surface area contributed by atoms with Crippen molar-refractivity contribution in [1.29, 1.82) is 5.41 Å². The lowest BCUT2D eigenvalue weighted by Gasteiger charge is -2.21. The number of hydrogen-bond donors (Lipinski definition) is 7. The summed E-state index contributed by atoms with van der Waals surface area (Å²) in [6.07, 6.45) is 0. The molecule has 0 fully saturated rings. The van der Waals surface area contributed by atoms with E-state index in [4.69, 9.17) is 37.4 Å². The van der Waals surface area contributed by atoms with Gasteiger partial charge in [-0.05, 0) is 78.2 Å². The highest BCUT2D eigenvalue weighted by Gasteiger charge is 2.30. The first-order valence-electron chi connectivity index (χ1n) is 19.8. The van der Waals surface area contributed by atoms with Gasteiger partial charge in [0.15, 0.2) is 5.43 Å². The van der Waals surface area contributed by atoms with Crippen LogP contribution in [0.5, 0.6) is 5.75 Å². The number of phenols is 1. The van der Waals surface area contributed by atoms with Crippen molar-refractivity contribution in [1.82, 2.24) is 10.6 Å². The van der Waals surface area contributed by atoms with E-state index in [1.54, 1.807) is 18.2 Å². The fraction of sp³-hybridized carbons (Fsp3) is 0.0816.